The van der Waals surface area contributed by atoms with Gasteiger partial charge in [0.15, 0.2) is 5.13 Å². The third-order valence-corrected chi connectivity index (χ3v) is 4.65. The van der Waals surface area contributed by atoms with E-state index in [1.54, 1.807) is 0 Å². The molecule has 0 spiro atoms. The molecule has 0 aliphatic carbocycles. The Morgan fingerprint density at radius 2 is 2.23 bits per heavy atom. The molecule has 2 N–H and O–H groups in total. The van der Waals surface area contributed by atoms with E-state index in [1.165, 1.54) is 11.3 Å². The first-order chi connectivity index (χ1) is 10.7. The second kappa shape index (κ2) is 6.89. The average Bonchev–Trinajstić information content (AvgIpc) is 3.15. The zero-order chi connectivity index (χ0) is 15.4. The van der Waals surface area contributed by atoms with Crippen LogP contribution in [-0.4, -0.2) is 30.1 Å². The van der Waals surface area contributed by atoms with Gasteiger partial charge in [-0.2, -0.15) is 0 Å². The summed E-state index contributed by atoms with van der Waals surface area (Å²) in [6, 6.07) is 9.43. The first kappa shape index (κ1) is 15.0. The first-order valence-corrected chi connectivity index (χ1v) is 8.23. The molecule has 1 fully saturated rings. The van der Waals surface area contributed by atoms with Gasteiger partial charge in [0, 0.05) is 18.8 Å². The summed E-state index contributed by atoms with van der Waals surface area (Å²) >= 11 is 1.38. The maximum absolute atomic E-state index is 12.3. The number of nitrogens with one attached hydrogen (secondary N) is 2. The maximum atomic E-state index is 12.3. The molecule has 5 nitrogen and oxygen atoms in total. The number of nitrogens with zero attached hydrogens (tertiary/aromatic N) is 1. The number of ether oxygens (including phenoxy) is 1. The van der Waals surface area contributed by atoms with Gasteiger partial charge in [-0.05, 0) is 31.9 Å². The number of aromatic nitrogens is 1. The van der Waals surface area contributed by atoms with E-state index in [0.29, 0.717) is 4.88 Å². The minimum Gasteiger partial charge on any atom is -0.376 e. The van der Waals surface area contributed by atoms with Crippen molar-refractivity contribution in [2.45, 2.75) is 25.9 Å². The van der Waals surface area contributed by atoms with Crippen LogP contribution in [0.15, 0.2) is 30.3 Å². The number of hydrogen-bond donors (Lipinski definition) is 2. The number of aryl methyl sites for hydroxylation is 1. The van der Waals surface area contributed by atoms with Crippen LogP contribution in [0.4, 0.5) is 10.8 Å². The van der Waals surface area contributed by atoms with Crippen LogP contribution in [0.25, 0.3) is 0 Å². The predicted molar refractivity (Wildman–Crippen MR) is 88.7 cm³/mol. The van der Waals surface area contributed by atoms with Gasteiger partial charge in [0.25, 0.3) is 5.91 Å². The molecule has 0 saturated carbocycles. The number of para-hydroxylation sites is 1. The Labute approximate surface area is 133 Å². The van der Waals surface area contributed by atoms with Crippen LogP contribution in [0.5, 0.6) is 0 Å². The lowest BCUT2D eigenvalue weighted by Crippen LogP contribution is -2.18. The monoisotopic (exact) mass is 317 g/mol. The van der Waals surface area contributed by atoms with Crippen LogP contribution in [0.2, 0.25) is 0 Å². The molecule has 1 aliphatic rings. The van der Waals surface area contributed by atoms with Gasteiger partial charge in [-0.15, -0.1) is 0 Å². The number of rotatable bonds is 5. The number of carbonyl (C=O) groups is 1. The molecule has 2 aromatic rings. The third-order valence-electron chi connectivity index (χ3n) is 3.54. The van der Waals surface area contributed by atoms with E-state index in [1.807, 2.05) is 37.3 Å². The second-order valence-corrected chi connectivity index (χ2v) is 6.27. The fraction of sp³-hybridized carbons (Fsp3) is 0.375. The van der Waals surface area contributed by atoms with E-state index in [0.717, 1.165) is 42.5 Å². The second-order valence-electron chi connectivity index (χ2n) is 5.27. The Hall–Kier alpha value is -1.92. The van der Waals surface area contributed by atoms with E-state index < -0.39 is 0 Å². The van der Waals surface area contributed by atoms with Gasteiger partial charge in [0.2, 0.25) is 0 Å². The molecule has 1 aromatic carbocycles. The maximum Gasteiger partial charge on any atom is 0.267 e. The number of benzene rings is 1. The van der Waals surface area contributed by atoms with Crippen LogP contribution in [0.3, 0.4) is 0 Å². The molecule has 6 heteroatoms. The lowest BCUT2D eigenvalue weighted by Gasteiger charge is -2.09. The smallest absolute Gasteiger partial charge is 0.267 e. The first-order valence-electron chi connectivity index (χ1n) is 7.41. The van der Waals surface area contributed by atoms with Gasteiger partial charge >= 0.3 is 0 Å². The number of carbonyl (C=O) groups excluding carboxylic acids is 1. The fourth-order valence-corrected chi connectivity index (χ4v) is 3.27. The standard InChI is InChI=1S/C16H19N3O2S/c1-11-14(15(20)19-12-6-3-2-4-7-12)22-16(18-11)17-10-13-8-5-9-21-13/h2-4,6-7,13H,5,8-10H2,1H3,(H,17,18)(H,19,20)/t13-/m0/s1. The Morgan fingerprint density at radius 3 is 2.95 bits per heavy atom. The molecule has 1 aromatic heterocycles. The molecule has 1 aliphatic heterocycles. The molecule has 1 atom stereocenters. The van der Waals surface area contributed by atoms with Crippen molar-refractivity contribution in [2.75, 3.05) is 23.8 Å². The van der Waals surface area contributed by atoms with Crippen LogP contribution in [0.1, 0.15) is 28.2 Å². The largest absolute Gasteiger partial charge is 0.376 e. The summed E-state index contributed by atoms with van der Waals surface area (Å²) in [6.45, 7) is 3.44. The van der Waals surface area contributed by atoms with Gasteiger partial charge in [0.1, 0.15) is 4.88 Å². The van der Waals surface area contributed by atoms with E-state index in [9.17, 15) is 4.79 Å². The highest BCUT2D eigenvalue weighted by Crippen LogP contribution is 2.24. The topological polar surface area (TPSA) is 63.3 Å². The molecule has 3 rings (SSSR count). The van der Waals surface area contributed by atoms with E-state index in [4.69, 9.17) is 4.74 Å². The fourth-order valence-electron chi connectivity index (χ4n) is 2.40. The summed E-state index contributed by atoms with van der Waals surface area (Å²) in [4.78, 5) is 17.4. The van der Waals surface area contributed by atoms with Crippen LogP contribution in [-0.2, 0) is 4.74 Å². The highest BCUT2D eigenvalue weighted by Gasteiger charge is 2.18. The minimum absolute atomic E-state index is 0.119. The van der Waals surface area contributed by atoms with Crippen molar-refractivity contribution in [1.82, 2.24) is 4.98 Å². The average molecular weight is 317 g/mol. The lowest BCUT2D eigenvalue weighted by atomic mass is 10.2. The zero-order valence-electron chi connectivity index (χ0n) is 12.5. The molecule has 1 amide bonds. The van der Waals surface area contributed by atoms with Crippen LogP contribution < -0.4 is 10.6 Å². The molecule has 1 saturated heterocycles. The van der Waals surface area contributed by atoms with E-state index in [2.05, 4.69) is 15.6 Å². The van der Waals surface area contributed by atoms with Crippen molar-refractivity contribution in [2.24, 2.45) is 0 Å². The normalized spacial score (nSPS) is 17.4. The van der Waals surface area contributed by atoms with Crippen molar-refractivity contribution in [1.29, 1.82) is 0 Å². The van der Waals surface area contributed by atoms with Crippen molar-refractivity contribution >= 4 is 28.1 Å². The molecule has 116 valence electrons. The lowest BCUT2D eigenvalue weighted by molar-refractivity contribution is 0.103. The molecule has 22 heavy (non-hydrogen) atoms. The van der Waals surface area contributed by atoms with Crippen LogP contribution >= 0.6 is 11.3 Å². The van der Waals surface area contributed by atoms with Gasteiger partial charge in [0.05, 0.1) is 11.8 Å². The summed E-state index contributed by atoms with van der Waals surface area (Å²) in [5.74, 6) is -0.119. The Morgan fingerprint density at radius 1 is 1.41 bits per heavy atom. The van der Waals surface area contributed by atoms with Gasteiger partial charge in [-0.3, -0.25) is 4.79 Å². The van der Waals surface area contributed by atoms with E-state index in [-0.39, 0.29) is 12.0 Å². The Kier molecular flexibility index (Phi) is 4.70. The van der Waals surface area contributed by atoms with Gasteiger partial charge in [-0.25, -0.2) is 4.98 Å². The summed E-state index contributed by atoms with van der Waals surface area (Å²) < 4.78 is 5.57. The highest BCUT2D eigenvalue weighted by atomic mass is 32.1. The molecule has 0 unspecified atom stereocenters. The van der Waals surface area contributed by atoms with Crippen molar-refractivity contribution in [3.05, 3.63) is 40.9 Å². The quantitative estimate of drug-likeness (QED) is 0.888. The van der Waals surface area contributed by atoms with Crippen LogP contribution in [0, 0.1) is 6.92 Å². The molecular weight excluding hydrogens is 298 g/mol. The van der Waals surface area contributed by atoms with Crippen molar-refractivity contribution in [3.63, 3.8) is 0 Å². The summed E-state index contributed by atoms with van der Waals surface area (Å²) in [5.41, 5.74) is 1.53. The molecule has 2 heterocycles. The van der Waals surface area contributed by atoms with E-state index >= 15 is 0 Å². The number of anilines is 2. The summed E-state index contributed by atoms with van der Waals surface area (Å²) in [7, 11) is 0. The van der Waals surface area contributed by atoms with Gasteiger partial charge in [-0.1, -0.05) is 29.5 Å². The Balaban J connectivity index is 1.62. The summed E-state index contributed by atoms with van der Waals surface area (Å²) in [5, 5.41) is 6.93. The molecular formula is C16H19N3O2S. The van der Waals surface area contributed by atoms with Gasteiger partial charge < -0.3 is 15.4 Å². The van der Waals surface area contributed by atoms with Crippen molar-refractivity contribution in [3.8, 4) is 0 Å². The summed E-state index contributed by atoms with van der Waals surface area (Å²) in [6.07, 6.45) is 2.46. The Bertz CT molecular complexity index is 636. The number of amides is 1. The number of thiazole rings is 1. The number of hydrogen-bond acceptors (Lipinski definition) is 5. The highest BCUT2D eigenvalue weighted by molar-refractivity contribution is 7.17. The SMILES string of the molecule is Cc1nc(NC[C@@H]2CCCO2)sc1C(=O)Nc1ccccc1. The predicted octanol–water partition coefficient (Wildman–Crippen LogP) is 3.29. The molecule has 0 radical (unpaired) electrons. The molecule has 0 bridgehead atoms. The zero-order valence-corrected chi connectivity index (χ0v) is 13.3. The minimum atomic E-state index is -0.119. The third kappa shape index (κ3) is 3.64. The van der Waals surface area contributed by atoms with Crippen molar-refractivity contribution < 1.29 is 9.53 Å².